The molecule has 1 aromatic carbocycles. The molecule has 4 aromatic rings. The van der Waals surface area contributed by atoms with Gasteiger partial charge >= 0.3 is 0 Å². The van der Waals surface area contributed by atoms with Gasteiger partial charge in [0.15, 0.2) is 0 Å². The Hall–Kier alpha value is -3.95. The minimum atomic E-state index is -0.213. The Kier molecular flexibility index (Phi) is 5.35. The van der Waals surface area contributed by atoms with Crippen molar-refractivity contribution in [2.75, 3.05) is 23.3 Å². The number of carbonyl (C=O) groups excluding carboxylic acids is 1. The van der Waals surface area contributed by atoms with Crippen molar-refractivity contribution in [1.29, 1.82) is 0 Å². The zero-order valence-corrected chi connectivity index (χ0v) is 19.1. The number of benzene rings is 1. The van der Waals surface area contributed by atoms with Crippen LogP contribution >= 0.6 is 0 Å². The second-order valence-electron chi connectivity index (χ2n) is 9.01. The average Bonchev–Trinajstić information content (AvgIpc) is 3.49. The summed E-state index contributed by atoms with van der Waals surface area (Å²) >= 11 is 0. The Morgan fingerprint density at radius 2 is 1.94 bits per heavy atom. The molecule has 4 N–H and O–H groups in total. The topological polar surface area (TPSA) is 115 Å². The van der Waals surface area contributed by atoms with Gasteiger partial charge in [-0.3, -0.25) is 9.20 Å². The molecule has 0 atom stereocenters. The minimum Gasteiger partial charge on any atom is -0.393 e. The molecular formula is C26H26N6O3. The zero-order chi connectivity index (χ0) is 23.9. The molecule has 6 rings (SSSR count). The largest absolute Gasteiger partial charge is 0.393 e. The van der Waals surface area contributed by atoms with Gasteiger partial charge < -0.3 is 25.7 Å². The number of carbonyl (C=O) groups is 1. The van der Waals surface area contributed by atoms with Crippen LogP contribution in [0, 0.1) is 0 Å². The molecule has 0 unspecified atom stereocenters. The van der Waals surface area contributed by atoms with E-state index in [1.807, 2.05) is 53.2 Å². The summed E-state index contributed by atoms with van der Waals surface area (Å²) in [4.78, 5) is 24.1. The van der Waals surface area contributed by atoms with Crippen LogP contribution in [0.1, 0.15) is 34.3 Å². The number of amides is 1. The minimum absolute atomic E-state index is 0.0386. The highest BCUT2D eigenvalue weighted by Crippen LogP contribution is 2.35. The summed E-state index contributed by atoms with van der Waals surface area (Å²) in [6, 6.07) is 11.5. The smallest absolute Gasteiger partial charge is 0.254 e. The number of pyridine rings is 2. The van der Waals surface area contributed by atoms with Gasteiger partial charge in [-0.05, 0) is 54.3 Å². The third kappa shape index (κ3) is 3.88. The molecule has 35 heavy (non-hydrogen) atoms. The van der Waals surface area contributed by atoms with Gasteiger partial charge in [0.1, 0.15) is 11.5 Å². The number of rotatable bonds is 5. The molecule has 0 saturated carbocycles. The summed E-state index contributed by atoms with van der Waals surface area (Å²) < 4.78 is 1.96. The van der Waals surface area contributed by atoms with E-state index in [0.717, 1.165) is 59.7 Å². The molecular weight excluding hydrogens is 444 g/mol. The normalized spacial score (nSPS) is 15.9. The van der Waals surface area contributed by atoms with Gasteiger partial charge in [0, 0.05) is 31.4 Å². The number of imidazole rings is 1. The van der Waals surface area contributed by atoms with Crippen molar-refractivity contribution in [3.63, 3.8) is 0 Å². The first-order valence-corrected chi connectivity index (χ1v) is 11.8. The highest BCUT2D eigenvalue weighted by molar-refractivity contribution is 6.06. The van der Waals surface area contributed by atoms with Gasteiger partial charge in [0.25, 0.3) is 5.91 Å². The second kappa shape index (κ2) is 8.68. The predicted octanol–water partition coefficient (Wildman–Crippen LogP) is 2.84. The van der Waals surface area contributed by atoms with E-state index in [1.165, 1.54) is 0 Å². The molecule has 2 aliphatic rings. The third-order valence-corrected chi connectivity index (χ3v) is 6.84. The number of hydrogen-bond acceptors (Lipinski definition) is 7. The van der Waals surface area contributed by atoms with E-state index < -0.39 is 0 Å². The Morgan fingerprint density at radius 1 is 1.09 bits per heavy atom. The zero-order valence-electron chi connectivity index (χ0n) is 19.1. The monoisotopic (exact) mass is 470 g/mol. The lowest BCUT2D eigenvalue weighted by Crippen LogP contribution is -2.35. The van der Waals surface area contributed by atoms with Crippen LogP contribution < -0.4 is 15.5 Å². The summed E-state index contributed by atoms with van der Waals surface area (Å²) in [5, 5.41) is 25.4. The maximum absolute atomic E-state index is 12.8. The summed E-state index contributed by atoms with van der Waals surface area (Å²) in [7, 11) is 0. The number of piperidine rings is 1. The number of aliphatic hydroxyl groups is 2. The number of anilines is 3. The van der Waals surface area contributed by atoms with Gasteiger partial charge in [-0.2, -0.15) is 0 Å². The second-order valence-corrected chi connectivity index (χ2v) is 9.01. The van der Waals surface area contributed by atoms with E-state index >= 15 is 0 Å². The van der Waals surface area contributed by atoms with E-state index in [1.54, 1.807) is 6.20 Å². The van der Waals surface area contributed by atoms with E-state index in [-0.39, 0.29) is 18.6 Å². The van der Waals surface area contributed by atoms with Crippen molar-refractivity contribution < 1.29 is 15.0 Å². The number of hydrogen-bond donors (Lipinski definition) is 4. The lowest BCUT2D eigenvalue weighted by atomic mass is 9.99. The fourth-order valence-electron chi connectivity index (χ4n) is 4.92. The number of aromatic nitrogens is 3. The highest BCUT2D eigenvalue weighted by Gasteiger charge is 2.27. The Morgan fingerprint density at radius 3 is 2.71 bits per heavy atom. The van der Waals surface area contributed by atoms with Crippen LogP contribution in [0.2, 0.25) is 0 Å². The predicted molar refractivity (Wildman–Crippen MR) is 133 cm³/mol. The van der Waals surface area contributed by atoms with E-state index in [4.69, 9.17) is 0 Å². The molecule has 0 bridgehead atoms. The van der Waals surface area contributed by atoms with Crippen LogP contribution in [0.3, 0.4) is 0 Å². The molecule has 0 spiro atoms. The van der Waals surface area contributed by atoms with Crippen molar-refractivity contribution in [2.24, 2.45) is 0 Å². The van der Waals surface area contributed by atoms with Crippen LogP contribution in [0.4, 0.5) is 17.2 Å². The molecule has 3 aromatic heterocycles. The fourth-order valence-corrected chi connectivity index (χ4v) is 4.92. The fraction of sp³-hybridized carbons (Fsp3) is 0.269. The molecule has 178 valence electrons. The first-order valence-electron chi connectivity index (χ1n) is 11.8. The maximum Gasteiger partial charge on any atom is 0.254 e. The molecule has 1 saturated heterocycles. The quantitative estimate of drug-likeness (QED) is 0.355. The number of aliphatic hydroxyl groups excluding tert-OH is 2. The third-order valence-electron chi connectivity index (χ3n) is 6.84. The van der Waals surface area contributed by atoms with Crippen LogP contribution in [0.25, 0.3) is 16.9 Å². The van der Waals surface area contributed by atoms with Crippen molar-refractivity contribution in [3.8, 4) is 11.3 Å². The van der Waals surface area contributed by atoms with E-state index in [0.29, 0.717) is 23.6 Å². The number of nitrogens with zero attached hydrogens (tertiary/aromatic N) is 4. The molecule has 1 fully saturated rings. The van der Waals surface area contributed by atoms with Crippen molar-refractivity contribution in [3.05, 3.63) is 71.7 Å². The Balaban J connectivity index is 1.30. The van der Waals surface area contributed by atoms with Gasteiger partial charge in [0.05, 0.1) is 47.7 Å². The molecule has 9 nitrogen and oxygen atoms in total. The Labute approximate surface area is 202 Å². The van der Waals surface area contributed by atoms with Crippen LogP contribution in [0.15, 0.2) is 55.0 Å². The van der Waals surface area contributed by atoms with Crippen LogP contribution in [0.5, 0.6) is 0 Å². The summed E-state index contributed by atoms with van der Waals surface area (Å²) in [5.41, 5.74) is 6.62. The first kappa shape index (κ1) is 21.6. The van der Waals surface area contributed by atoms with Crippen LogP contribution in [-0.2, 0) is 13.2 Å². The van der Waals surface area contributed by atoms with Crippen LogP contribution in [-0.4, -0.2) is 49.7 Å². The molecule has 0 aliphatic carbocycles. The lowest BCUT2D eigenvalue weighted by molar-refractivity contribution is 0.0966. The van der Waals surface area contributed by atoms with Gasteiger partial charge in [-0.1, -0.05) is 6.07 Å². The maximum atomic E-state index is 12.8. The SMILES string of the molecule is O=C1NCc2c(-c3cnc4cc(CO)ccn34)ccc(Nc3ccc(N4CCC(O)CC4)cn3)c21. The molecule has 2 aliphatic heterocycles. The van der Waals surface area contributed by atoms with Gasteiger partial charge in [-0.15, -0.1) is 0 Å². The molecule has 9 heteroatoms. The van der Waals surface area contributed by atoms with E-state index in [9.17, 15) is 15.0 Å². The Bertz CT molecular complexity index is 1410. The average molecular weight is 471 g/mol. The number of fused-ring (bicyclic) bond motifs is 2. The molecule has 0 radical (unpaired) electrons. The number of nitrogens with one attached hydrogen (secondary N) is 2. The summed E-state index contributed by atoms with van der Waals surface area (Å²) in [6.07, 6.45) is 6.83. The van der Waals surface area contributed by atoms with Gasteiger partial charge in [0.2, 0.25) is 0 Å². The lowest BCUT2D eigenvalue weighted by Gasteiger charge is -2.31. The van der Waals surface area contributed by atoms with Crippen molar-refractivity contribution in [1.82, 2.24) is 19.7 Å². The summed E-state index contributed by atoms with van der Waals surface area (Å²) in [5.74, 6) is 0.538. The van der Waals surface area contributed by atoms with Gasteiger partial charge in [-0.25, -0.2) is 9.97 Å². The van der Waals surface area contributed by atoms with E-state index in [2.05, 4.69) is 25.5 Å². The van der Waals surface area contributed by atoms with Crippen molar-refractivity contribution >= 4 is 28.7 Å². The van der Waals surface area contributed by atoms with Crippen molar-refractivity contribution in [2.45, 2.75) is 32.1 Å². The first-order chi connectivity index (χ1) is 17.1. The highest BCUT2D eigenvalue weighted by atomic mass is 16.3. The molecule has 1 amide bonds. The standard InChI is InChI=1S/C26H26N6O3/c33-15-16-5-10-32-22(14-28-24(32)11-16)19-2-3-21(25-20(19)13-29-26(25)35)30-23-4-1-17(12-27-23)31-8-6-18(34)7-9-31/h1-5,10-12,14,18,33-34H,6-9,13,15H2,(H,27,30)(H,29,35). The summed E-state index contributed by atoms with van der Waals surface area (Å²) in [6.45, 7) is 2.03. The molecule has 5 heterocycles.